The van der Waals surface area contributed by atoms with Crippen LogP contribution in [0.3, 0.4) is 0 Å². The molecule has 1 unspecified atom stereocenters. The standard InChI is InChI=1S/C14H14ClNO3S/c15-11-4-1-5-12(10-11)20(17,18)16-8-2-6-13(16)14-7-3-9-19-14/h1,3-5,7,9-10,13H,2,6,8H2. The summed E-state index contributed by atoms with van der Waals surface area (Å²) in [7, 11) is -3.55. The average Bonchev–Trinajstić information content (AvgIpc) is 3.09. The molecule has 0 aliphatic carbocycles. The molecule has 1 aromatic carbocycles. The van der Waals surface area contributed by atoms with Gasteiger partial charge in [-0.3, -0.25) is 0 Å². The van der Waals surface area contributed by atoms with E-state index in [4.69, 9.17) is 16.0 Å². The van der Waals surface area contributed by atoms with Crippen LogP contribution in [0.2, 0.25) is 5.02 Å². The van der Waals surface area contributed by atoms with Crippen LogP contribution in [0.4, 0.5) is 0 Å². The Hall–Kier alpha value is -1.30. The summed E-state index contributed by atoms with van der Waals surface area (Å²) in [6, 6.07) is 9.72. The van der Waals surface area contributed by atoms with Gasteiger partial charge in [-0.2, -0.15) is 4.31 Å². The molecule has 1 fully saturated rings. The van der Waals surface area contributed by atoms with E-state index in [-0.39, 0.29) is 10.9 Å². The smallest absolute Gasteiger partial charge is 0.243 e. The molecular weight excluding hydrogens is 298 g/mol. The van der Waals surface area contributed by atoms with Crippen LogP contribution < -0.4 is 0 Å². The Morgan fingerprint density at radius 3 is 2.80 bits per heavy atom. The number of hydrogen-bond donors (Lipinski definition) is 0. The highest BCUT2D eigenvalue weighted by molar-refractivity contribution is 7.89. The maximum absolute atomic E-state index is 12.7. The number of nitrogens with zero attached hydrogens (tertiary/aromatic N) is 1. The van der Waals surface area contributed by atoms with Crippen LogP contribution >= 0.6 is 11.6 Å². The van der Waals surface area contributed by atoms with Crippen molar-refractivity contribution < 1.29 is 12.8 Å². The van der Waals surface area contributed by atoms with Gasteiger partial charge < -0.3 is 4.42 Å². The van der Waals surface area contributed by atoms with Gasteiger partial charge in [-0.15, -0.1) is 0 Å². The van der Waals surface area contributed by atoms with Crippen molar-refractivity contribution in [3.05, 3.63) is 53.4 Å². The molecule has 3 rings (SSSR count). The molecule has 1 atom stereocenters. The van der Waals surface area contributed by atoms with E-state index in [1.54, 1.807) is 30.5 Å². The van der Waals surface area contributed by atoms with E-state index < -0.39 is 10.0 Å². The van der Waals surface area contributed by atoms with Gasteiger partial charge in [0.1, 0.15) is 5.76 Å². The van der Waals surface area contributed by atoms with Crippen LogP contribution in [-0.2, 0) is 10.0 Å². The Balaban J connectivity index is 1.98. The lowest BCUT2D eigenvalue weighted by atomic mass is 10.2. The fourth-order valence-electron chi connectivity index (χ4n) is 2.56. The highest BCUT2D eigenvalue weighted by Crippen LogP contribution is 2.36. The number of rotatable bonds is 3. The van der Waals surface area contributed by atoms with Crippen LogP contribution in [0.15, 0.2) is 52.0 Å². The fraction of sp³-hybridized carbons (Fsp3) is 0.286. The minimum Gasteiger partial charge on any atom is -0.468 e. The van der Waals surface area contributed by atoms with Crippen LogP contribution in [-0.4, -0.2) is 19.3 Å². The van der Waals surface area contributed by atoms with Gasteiger partial charge in [-0.1, -0.05) is 17.7 Å². The average molecular weight is 312 g/mol. The number of sulfonamides is 1. The Bertz CT molecular complexity index is 697. The molecular formula is C14H14ClNO3S. The first kappa shape index (κ1) is 13.7. The molecule has 0 radical (unpaired) electrons. The zero-order valence-corrected chi connectivity index (χ0v) is 12.3. The molecule has 1 aliphatic heterocycles. The number of benzene rings is 1. The van der Waals surface area contributed by atoms with Crippen molar-refractivity contribution in [3.8, 4) is 0 Å². The topological polar surface area (TPSA) is 50.5 Å². The van der Waals surface area contributed by atoms with Gasteiger partial charge >= 0.3 is 0 Å². The minimum atomic E-state index is -3.55. The molecule has 0 amide bonds. The van der Waals surface area contributed by atoms with Crippen molar-refractivity contribution in [2.45, 2.75) is 23.8 Å². The van der Waals surface area contributed by atoms with Crippen LogP contribution in [0.5, 0.6) is 0 Å². The second-order valence-corrected chi connectivity index (χ2v) is 7.07. The quantitative estimate of drug-likeness (QED) is 0.872. The number of halogens is 1. The minimum absolute atomic E-state index is 0.225. The lowest BCUT2D eigenvalue weighted by molar-refractivity contribution is 0.340. The normalized spacial score (nSPS) is 20.4. The van der Waals surface area contributed by atoms with E-state index in [1.807, 2.05) is 6.07 Å². The molecule has 6 heteroatoms. The molecule has 0 saturated carbocycles. The number of furan rings is 1. The first-order valence-corrected chi connectivity index (χ1v) is 8.21. The Morgan fingerprint density at radius 2 is 2.10 bits per heavy atom. The highest BCUT2D eigenvalue weighted by atomic mass is 35.5. The molecule has 1 aliphatic rings. The second-order valence-electron chi connectivity index (χ2n) is 4.75. The Labute approximate surface area is 123 Å². The summed E-state index contributed by atoms with van der Waals surface area (Å²) in [5, 5.41) is 0.417. The van der Waals surface area contributed by atoms with Gasteiger partial charge in [0, 0.05) is 11.6 Å². The van der Waals surface area contributed by atoms with Gasteiger partial charge in [0.25, 0.3) is 0 Å². The molecule has 4 nitrogen and oxygen atoms in total. The predicted octanol–water partition coefficient (Wildman–Crippen LogP) is 3.46. The monoisotopic (exact) mass is 311 g/mol. The van der Waals surface area contributed by atoms with Crippen LogP contribution in [0, 0.1) is 0 Å². The lowest BCUT2D eigenvalue weighted by Crippen LogP contribution is -2.30. The van der Waals surface area contributed by atoms with E-state index in [9.17, 15) is 8.42 Å². The van der Waals surface area contributed by atoms with Crippen molar-refractivity contribution in [2.24, 2.45) is 0 Å². The maximum Gasteiger partial charge on any atom is 0.243 e. The first-order valence-electron chi connectivity index (χ1n) is 6.40. The molecule has 0 spiro atoms. The maximum atomic E-state index is 12.7. The molecule has 106 valence electrons. The van der Waals surface area contributed by atoms with E-state index in [0.29, 0.717) is 17.3 Å². The summed E-state index contributed by atoms with van der Waals surface area (Å²) in [4.78, 5) is 0.225. The number of hydrogen-bond acceptors (Lipinski definition) is 3. The Morgan fingerprint density at radius 1 is 1.25 bits per heavy atom. The third-order valence-corrected chi connectivity index (χ3v) is 5.62. The van der Waals surface area contributed by atoms with Gasteiger partial charge in [0.05, 0.1) is 17.2 Å². The molecule has 1 saturated heterocycles. The summed E-state index contributed by atoms with van der Waals surface area (Å²) >= 11 is 5.89. The fourth-order valence-corrected chi connectivity index (χ4v) is 4.52. The molecule has 0 N–H and O–H groups in total. The lowest BCUT2D eigenvalue weighted by Gasteiger charge is -2.22. The van der Waals surface area contributed by atoms with Crippen molar-refractivity contribution in [1.82, 2.24) is 4.31 Å². The van der Waals surface area contributed by atoms with Crippen molar-refractivity contribution in [2.75, 3.05) is 6.54 Å². The zero-order chi connectivity index (χ0) is 14.2. The van der Waals surface area contributed by atoms with E-state index in [2.05, 4.69) is 0 Å². The van der Waals surface area contributed by atoms with E-state index >= 15 is 0 Å². The van der Waals surface area contributed by atoms with E-state index in [0.717, 1.165) is 12.8 Å². The van der Waals surface area contributed by atoms with Crippen LogP contribution in [0.25, 0.3) is 0 Å². The van der Waals surface area contributed by atoms with Gasteiger partial charge in [0.2, 0.25) is 10.0 Å². The van der Waals surface area contributed by atoms with Gasteiger partial charge in [-0.25, -0.2) is 8.42 Å². The third kappa shape index (κ3) is 2.37. The molecule has 1 aromatic heterocycles. The highest BCUT2D eigenvalue weighted by Gasteiger charge is 2.37. The largest absolute Gasteiger partial charge is 0.468 e. The molecule has 2 aromatic rings. The summed E-state index contributed by atoms with van der Waals surface area (Å²) in [6.45, 7) is 0.500. The van der Waals surface area contributed by atoms with Crippen LogP contribution in [0.1, 0.15) is 24.6 Å². The Kier molecular flexibility index (Phi) is 3.58. The predicted molar refractivity (Wildman–Crippen MR) is 76.0 cm³/mol. The second kappa shape index (κ2) is 5.24. The first-order chi connectivity index (χ1) is 9.59. The molecule has 20 heavy (non-hydrogen) atoms. The zero-order valence-electron chi connectivity index (χ0n) is 10.7. The SMILES string of the molecule is O=S(=O)(c1cccc(Cl)c1)N1CCCC1c1ccco1. The van der Waals surface area contributed by atoms with Gasteiger partial charge in [-0.05, 0) is 43.2 Å². The third-order valence-electron chi connectivity index (χ3n) is 3.48. The summed E-state index contributed by atoms with van der Waals surface area (Å²) in [5.41, 5.74) is 0. The summed E-state index contributed by atoms with van der Waals surface area (Å²) in [6.07, 6.45) is 3.16. The molecule has 2 heterocycles. The van der Waals surface area contributed by atoms with Crippen molar-refractivity contribution in [1.29, 1.82) is 0 Å². The molecule has 0 bridgehead atoms. The summed E-state index contributed by atoms with van der Waals surface area (Å²) in [5.74, 6) is 0.688. The van der Waals surface area contributed by atoms with Crippen molar-refractivity contribution in [3.63, 3.8) is 0 Å². The van der Waals surface area contributed by atoms with Gasteiger partial charge in [0.15, 0.2) is 0 Å². The van der Waals surface area contributed by atoms with Crippen molar-refractivity contribution >= 4 is 21.6 Å². The summed E-state index contributed by atoms with van der Waals surface area (Å²) < 4.78 is 32.3. The van der Waals surface area contributed by atoms with E-state index in [1.165, 1.54) is 10.4 Å².